The smallest absolute Gasteiger partial charge is 0.366 e. The maximum absolute atomic E-state index is 12.2. The van der Waals surface area contributed by atoms with Gasteiger partial charge in [-0.3, -0.25) is 13.7 Å². The van der Waals surface area contributed by atoms with Crippen molar-refractivity contribution in [3.05, 3.63) is 10.6 Å². The largest absolute Gasteiger partial charge is 0.477 e. The van der Waals surface area contributed by atoms with Gasteiger partial charge in [-0.15, -0.1) is 0 Å². The average molecular weight is 410 g/mol. The van der Waals surface area contributed by atoms with Crippen LogP contribution in [0.25, 0.3) is 0 Å². The Morgan fingerprint density at radius 1 is 0.833 bits per heavy atom. The Bertz CT molecular complexity index is 626. The summed E-state index contributed by atoms with van der Waals surface area (Å²) >= 11 is 0. The molecule has 0 amide bonds. The summed E-state index contributed by atoms with van der Waals surface area (Å²) in [5.74, 6) is -2.06. The molecule has 0 bridgehead atoms. The van der Waals surface area contributed by atoms with Gasteiger partial charge in [-0.25, -0.2) is 4.79 Å². The van der Waals surface area contributed by atoms with Crippen LogP contribution < -0.4 is 0 Å². The molecule has 4 N–H and O–H groups in total. The Kier molecular flexibility index (Phi) is 9.25. The minimum Gasteiger partial charge on any atom is -0.477 e. The van der Waals surface area contributed by atoms with E-state index in [0.717, 1.165) is 0 Å². The summed E-state index contributed by atoms with van der Waals surface area (Å²) < 4.78 is 49.7. The Balaban J connectivity index is 6.51. The van der Waals surface area contributed by atoms with Crippen molar-refractivity contribution in [2.24, 2.45) is 0 Å². The van der Waals surface area contributed by atoms with Gasteiger partial charge in [-0.1, -0.05) is 0 Å². The molecule has 3 unspecified atom stereocenters. The van der Waals surface area contributed by atoms with Crippen molar-refractivity contribution in [3.8, 4) is 0 Å². The summed E-state index contributed by atoms with van der Waals surface area (Å²) in [6.07, 6.45) is -1.28. The first-order valence-corrected chi connectivity index (χ1v) is 11.6. The molecule has 0 aliphatic heterocycles. The van der Waals surface area contributed by atoms with Crippen LogP contribution >= 0.6 is 22.8 Å². The first kappa shape index (κ1) is 23.7. The number of allylic oxidation sites excluding steroid dienone is 1. The lowest BCUT2D eigenvalue weighted by atomic mass is 10.5. The van der Waals surface area contributed by atoms with E-state index in [0.29, 0.717) is 0 Å². The fourth-order valence-corrected chi connectivity index (χ4v) is 6.80. The standard InChI is InChI=1S/C10H21O11P3/c1-4-19-22(13,14)7-8(23(15,16)20-5-2)9(10(11)12)24(17,18)21-6-3/h4-7H2,1-3H3,(H,11,12)(H,13,14)(H,15,16)(H,17,18). The van der Waals surface area contributed by atoms with Gasteiger partial charge < -0.3 is 33.4 Å². The van der Waals surface area contributed by atoms with Crippen LogP contribution in [0.4, 0.5) is 0 Å². The lowest BCUT2D eigenvalue weighted by molar-refractivity contribution is -0.132. The van der Waals surface area contributed by atoms with Crippen molar-refractivity contribution in [3.63, 3.8) is 0 Å². The molecule has 24 heavy (non-hydrogen) atoms. The molecule has 11 nitrogen and oxygen atoms in total. The maximum Gasteiger partial charge on any atom is 0.366 e. The first-order valence-electron chi connectivity index (χ1n) is 6.73. The normalized spacial score (nSPS) is 20.4. The monoisotopic (exact) mass is 410 g/mol. The number of hydrogen-bond acceptors (Lipinski definition) is 7. The minimum atomic E-state index is -5.06. The Morgan fingerprint density at radius 3 is 1.62 bits per heavy atom. The van der Waals surface area contributed by atoms with Gasteiger partial charge in [-0.2, -0.15) is 0 Å². The van der Waals surface area contributed by atoms with Gasteiger partial charge in [0.1, 0.15) is 0 Å². The molecule has 0 radical (unpaired) electrons. The molecule has 0 saturated heterocycles. The topological polar surface area (TPSA) is 177 Å². The predicted molar refractivity (Wildman–Crippen MR) is 83.9 cm³/mol. The second kappa shape index (κ2) is 9.38. The lowest BCUT2D eigenvalue weighted by Crippen LogP contribution is -2.12. The molecule has 0 saturated carbocycles. The second-order valence-corrected chi connectivity index (χ2v) is 9.62. The van der Waals surface area contributed by atoms with E-state index in [1.54, 1.807) is 0 Å². The fourth-order valence-electron chi connectivity index (χ4n) is 1.63. The highest BCUT2D eigenvalue weighted by molar-refractivity contribution is 7.64. The molecule has 142 valence electrons. The molecule has 0 fully saturated rings. The Morgan fingerprint density at radius 2 is 1.25 bits per heavy atom. The molecule has 3 atom stereocenters. The van der Waals surface area contributed by atoms with Gasteiger partial charge in [-0.05, 0) is 20.8 Å². The summed E-state index contributed by atoms with van der Waals surface area (Å²) in [5.41, 5.74) is 0. The molecule has 0 aromatic rings. The quantitative estimate of drug-likeness (QED) is 0.289. The number of aliphatic carboxylic acids is 1. The van der Waals surface area contributed by atoms with Crippen LogP contribution in [0.15, 0.2) is 10.6 Å². The number of carboxylic acids is 1. The molecular weight excluding hydrogens is 389 g/mol. The van der Waals surface area contributed by atoms with Gasteiger partial charge in [0.05, 0.1) is 31.3 Å². The summed E-state index contributed by atoms with van der Waals surface area (Å²) in [5, 5.41) is 6.49. The zero-order valence-corrected chi connectivity index (χ0v) is 16.0. The molecule has 0 aliphatic rings. The predicted octanol–water partition coefficient (Wildman–Crippen LogP) is 1.95. The van der Waals surface area contributed by atoms with E-state index in [4.69, 9.17) is 0 Å². The van der Waals surface area contributed by atoms with Gasteiger partial charge >= 0.3 is 28.8 Å². The number of hydrogen-bond donors (Lipinski definition) is 4. The molecule has 0 aromatic carbocycles. The lowest BCUT2D eigenvalue weighted by Gasteiger charge is -2.21. The van der Waals surface area contributed by atoms with E-state index in [1.165, 1.54) is 20.8 Å². The highest BCUT2D eigenvalue weighted by atomic mass is 31.2. The van der Waals surface area contributed by atoms with Gasteiger partial charge in [0.15, 0.2) is 5.31 Å². The van der Waals surface area contributed by atoms with E-state index in [2.05, 4.69) is 13.6 Å². The van der Waals surface area contributed by atoms with Crippen molar-refractivity contribution in [1.82, 2.24) is 0 Å². The van der Waals surface area contributed by atoms with E-state index in [1.807, 2.05) is 0 Å². The Labute approximate surface area is 138 Å². The molecule has 14 heteroatoms. The second-order valence-electron chi connectivity index (χ2n) is 4.19. The first-order chi connectivity index (χ1) is 10.8. The highest BCUT2D eigenvalue weighted by Gasteiger charge is 2.44. The van der Waals surface area contributed by atoms with E-state index in [9.17, 15) is 38.3 Å². The van der Waals surface area contributed by atoms with Gasteiger partial charge in [0.2, 0.25) is 0 Å². The van der Waals surface area contributed by atoms with Crippen molar-refractivity contribution in [2.45, 2.75) is 20.8 Å². The van der Waals surface area contributed by atoms with Crippen LogP contribution in [0, 0.1) is 0 Å². The van der Waals surface area contributed by atoms with Gasteiger partial charge in [0, 0.05) is 0 Å². The van der Waals surface area contributed by atoms with Crippen molar-refractivity contribution in [1.29, 1.82) is 0 Å². The van der Waals surface area contributed by atoms with Crippen molar-refractivity contribution < 1.29 is 51.8 Å². The molecule has 0 spiro atoms. The molecular formula is C10H21O11P3. The van der Waals surface area contributed by atoms with E-state index in [-0.39, 0.29) is 19.8 Å². The molecule has 0 heterocycles. The number of rotatable bonds is 11. The zero-order valence-electron chi connectivity index (χ0n) is 13.3. The van der Waals surface area contributed by atoms with Crippen molar-refractivity contribution in [2.75, 3.05) is 26.0 Å². The molecule has 0 aliphatic carbocycles. The average Bonchev–Trinajstić information content (AvgIpc) is 2.36. The van der Waals surface area contributed by atoms with Crippen LogP contribution in [0.1, 0.15) is 20.8 Å². The molecule has 0 aromatic heterocycles. The number of carboxylic acid groups (broad SMARTS) is 1. The summed E-state index contributed by atoms with van der Waals surface area (Å²) in [6.45, 7) is 2.96. The third-order valence-corrected chi connectivity index (χ3v) is 7.50. The maximum atomic E-state index is 12.2. The third-order valence-electron chi connectivity index (χ3n) is 2.39. The van der Waals surface area contributed by atoms with E-state index >= 15 is 0 Å². The highest BCUT2D eigenvalue weighted by Crippen LogP contribution is 2.64. The zero-order chi connectivity index (χ0) is 19.2. The van der Waals surface area contributed by atoms with Crippen molar-refractivity contribution >= 4 is 28.8 Å². The Hall–Kier alpha value is -0.340. The minimum absolute atomic E-state index is 0.254. The third kappa shape index (κ3) is 6.88. The summed E-state index contributed by atoms with van der Waals surface area (Å²) in [6, 6.07) is 0. The van der Waals surface area contributed by atoms with Gasteiger partial charge in [0.25, 0.3) is 0 Å². The SMILES string of the molecule is CCOP(=O)(O)CC(=C(C(=O)O)P(=O)(O)OCC)P(=O)(O)OCC. The van der Waals surface area contributed by atoms with Crippen LogP contribution in [0.2, 0.25) is 0 Å². The molecule has 0 rings (SSSR count). The van der Waals surface area contributed by atoms with Crippen LogP contribution in [-0.2, 0) is 32.1 Å². The summed E-state index contributed by atoms with van der Waals surface area (Å²) in [7, 11) is -14.6. The number of carbonyl (C=O) groups is 1. The fraction of sp³-hybridized carbons (Fsp3) is 0.700. The van der Waals surface area contributed by atoms with Crippen LogP contribution in [0.5, 0.6) is 0 Å². The van der Waals surface area contributed by atoms with E-state index < -0.39 is 45.5 Å². The van der Waals surface area contributed by atoms with Crippen LogP contribution in [-0.4, -0.2) is 51.7 Å². The summed E-state index contributed by atoms with van der Waals surface area (Å²) in [4.78, 5) is 40.7. The van der Waals surface area contributed by atoms with Crippen LogP contribution in [0.3, 0.4) is 0 Å².